The number of rotatable bonds is 8. The summed E-state index contributed by atoms with van der Waals surface area (Å²) in [5, 5.41) is 4.30. The van der Waals surface area contributed by atoms with Gasteiger partial charge in [0, 0.05) is 6.08 Å². The summed E-state index contributed by atoms with van der Waals surface area (Å²) >= 11 is 5.96. The third-order valence-corrected chi connectivity index (χ3v) is 4.22. The van der Waals surface area contributed by atoms with Crippen LogP contribution >= 0.6 is 11.6 Å². The number of carbonyl (C=O) groups is 2. The molecule has 6 nitrogen and oxygen atoms in total. The van der Waals surface area contributed by atoms with Gasteiger partial charge in [-0.3, -0.25) is 4.79 Å². The van der Waals surface area contributed by atoms with Crippen LogP contribution in [-0.2, 0) is 9.59 Å². The minimum Gasteiger partial charge on any atom is -0.482 e. The van der Waals surface area contributed by atoms with Crippen molar-refractivity contribution in [2.75, 3.05) is 6.61 Å². The number of esters is 1. The van der Waals surface area contributed by atoms with Gasteiger partial charge in [0.25, 0.3) is 5.91 Å². The molecule has 0 bridgehead atoms. The van der Waals surface area contributed by atoms with E-state index in [1.54, 1.807) is 54.6 Å². The van der Waals surface area contributed by atoms with Gasteiger partial charge in [-0.1, -0.05) is 54.1 Å². The Labute approximate surface area is 184 Å². The first kappa shape index (κ1) is 21.8. The van der Waals surface area contributed by atoms with Crippen LogP contribution < -0.4 is 14.9 Å². The molecule has 0 aliphatic heterocycles. The number of ether oxygens (including phenoxy) is 2. The van der Waals surface area contributed by atoms with Crippen LogP contribution in [0.1, 0.15) is 11.1 Å². The van der Waals surface area contributed by atoms with E-state index in [0.29, 0.717) is 22.1 Å². The standard InChI is InChI=1S/C24H19ClN2O4/c25-21-8-4-5-9-22(21)30-17-23(28)27-26-16-19-10-13-20(14-11-19)31-24(29)15-12-18-6-2-1-3-7-18/h1-16H,17H2,(H,27,28)/b15-12+,26-16+. The molecule has 0 aliphatic carbocycles. The fourth-order valence-electron chi connectivity index (χ4n) is 2.42. The molecule has 7 heteroatoms. The van der Waals surface area contributed by atoms with Gasteiger partial charge < -0.3 is 9.47 Å². The fraction of sp³-hybridized carbons (Fsp3) is 0.0417. The highest BCUT2D eigenvalue weighted by atomic mass is 35.5. The predicted octanol–water partition coefficient (Wildman–Crippen LogP) is 4.49. The summed E-state index contributed by atoms with van der Waals surface area (Å²) in [4.78, 5) is 23.7. The van der Waals surface area contributed by atoms with Crippen molar-refractivity contribution < 1.29 is 19.1 Å². The van der Waals surface area contributed by atoms with Gasteiger partial charge in [0.1, 0.15) is 11.5 Å². The third kappa shape index (κ3) is 7.45. The monoisotopic (exact) mass is 434 g/mol. The van der Waals surface area contributed by atoms with Crippen LogP contribution in [-0.4, -0.2) is 24.7 Å². The molecule has 1 amide bonds. The summed E-state index contributed by atoms with van der Waals surface area (Å²) in [6.45, 7) is -0.216. The molecular formula is C24H19ClN2O4. The fourth-order valence-corrected chi connectivity index (χ4v) is 2.61. The molecule has 0 aliphatic rings. The highest BCUT2D eigenvalue weighted by Gasteiger charge is 2.04. The lowest BCUT2D eigenvalue weighted by Crippen LogP contribution is -2.24. The number of hydrogen-bond donors (Lipinski definition) is 1. The Balaban J connectivity index is 1.43. The van der Waals surface area contributed by atoms with Gasteiger partial charge in [-0.25, -0.2) is 10.2 Å². The summed E-state index contributed by atoms with van der Waals surface area (Å²) in [6.07, 6.45) is 4.51. The molecule has 156 valence electrons. The van der Waals surface area contributed by atoms with Crippen molar-refractivity contribution in [3.8, 4) is 11.5 Å². The average Bonchev–Trinajstić information content (AvgIpc) is 2.79. The quantitative estimate of drug-likeness (QED) is 0.186. The maximum Gasteiger partial charge on any atom is 0.336 e. The van der Waals surface area contributed by atoms with Crippen LogP contribution in [0.5, 0.6) is 11.5 Å². The van der Waals surface area contributed by atoms with Gasteiger partial charge in [0.05, 0.1) is 11.2 Å². The molecular weight excluding hydrogens is 416 g/mol. The molecule has 3 aromatic rings. The molecule has 0 atom stereocenters. The Morgan fingerprint density at radius 1 is 0.903 bits per heavy atom. The van der Waals surface area contributed by atoms with Crippen molar-refractivity contribution >= 4 is 35.8 Å². The average molecular weight is 435 g/mol. The van der Waals surface area contributed by atoms with Crippen molar-refractivity contribution in [3.63, 3.8) is 0 Å². The van der Waals surface area contributed by atoms with Gasteiger partial charge in [0.15, 0.2) is 6.61 Å². The molecule has 31 heavy (non-hydrogen) atoms. The molecule has 0 aromatic heterocycles. The second-order valence-corrected chi connectivity index (χ2v) is 6.65. The molecule has 3 aromatic carbocycles. The largest absolute Gasteiger partial charge is 0.482 e. The van der Waals surface area contributed by atoms with E-state index < -0.39 is 11.9 Å². The number of nitrogens with zero attached hydrogens (tertiary/aromatic N) is 1. The van der Waals surface area contributed by atoms with Crippen LogP contribution in [0.2, 0.25) is 5.02 Å². The van der Waals surface area contributed by atoms with Crippen molar-refractivity contribution in [3.05, 3.63) is 101 Å². The molecule has 0 saturated heterocycles. The van der Waals surface area contributed by atoms with Crippen molar-refractivity contribution in [1.82, 2.24) is 5.43 Å². The minimum atomic E-state index is -0.476. The van der Waals surface area contributed by atoms with Gasteiger partial charge >= 0.3 is 5.97 Å². The predicted molar refractivity (Wildman–Crippen MR) is 120 cm³/mol. The summed E-state index contributed by atoms with van der Waals surface area (Å²) in [5.74, 6) is -0.0768. The Bertz CT molecular complexity index is 1080. The smallest absolute Gasteiger partial charge is 0.336 e. The zero-order valence-corrected chi connectivity index (χ0v) is 17.2. The number of benzene rings is 3. The lowest BCUT2D eigenvalue weighted by molar-refractivity contribution is -0.129. The first-order chi connectivity index (χ1) is 15.1. The van der Waals surface area contributed by atoms with Crippen LogP contribution in [0.3, 0.4) is 0 Å². The van der Waals surface area contributed by atoms with Gasteiger partial charge in [-0.2, -0.15) is 5.10 Å². The van der Waals surface area contributed by atoms with E-state index >= 15 is 0 Å². The van der Waals surface area contributed by atoms with Crippen LogP contribution in [0.4, 0.5) is 0 Å². The van der Waals surface area contributed by atoms with Crippen LogP contribution in [0.25, 0.3) is 6.08 Å². The normalized spacial score (nSPS) is 10.9. The molecule has 0 heterocycles. The third-order valence-electron chi connectivity index (χ3n) is 3.91. The zero-order chi connectivity index (χ0) is 21.9. The van der Waals surface area contributed by atoms with E-state index in [1.165, 1.54) is 12.3 Å². The van der Waals surface area contributed by atoms with Crippen molar-refractivity contribution in [1.29, 1.82) is 0 Å². The number of carbonyl (C=O) groups excluding carboxylic acids is 2. The number of halogens is 1. The molecule has 1 N–H and O–H groups in total. The number of nitrogens with one attached hydrogen (secondary N) is 1. The maximum absolute atomic E-state index is 11.9. The van der Waals surface area contributed by atoms with Gasteiger partial charge in [-0.15, -0.1) is 0 Å². The summed E-state index contributed by atoms with van der Waals surface area (Å²) in [7, 11) is 0. The first-order valence-electron chi connectivity index (χ1n) is 9.34. The van der Waals surface area contributed by atoms with Crippen LogP contribution in [0.15, 0.2) is 90.0 Å². The lowest BCUT2D eigenvalue weighted by atomic mass is 10.2. The summed E-state index contributed by atoms with van der Waals surface area (Å²) < 4.78 is 10.6. The summed E-state index contributed by atoms with van der Waals surface area (Å²) in [6, 6.07) is 23.0. The van der Waals surface area contributed by atoms with Crippen LogP contribution in [0, 0.1) is 0 Å². The number of hydrazone groups is 1. The molecule has 0 unspecified atom stereocenters. The first-order valence-corrected chi connectivity index (χ1v) is 9.72. The van der Waals surface area contributed by atoms with E-state index in [0.717, 1.165) is 5.56 Å². The molecule has 0 saturated carbocycles. The highest BCUT2D eigenvalue weighted by molar-refractivity contribution is 6.32. The topological polar surface area (TPSA) is 77.0 Å². The van der Waals surface area contributed by atoms with E-state index in [4.69, 9.17) is 21.1 Å². The van der Waals surface area contributed by atoms with E-state index in [9.17, 15) is 9.59 Å². The van der Waals surface area contributed by atoms with Crippen molar-refractivity contribution in [2.24, 2.45) is 5.10 Å². The Hall–Kier alpha value is -3.90. The number of amides is 1. The van der Waals surface area contributed by atoms with Crippen molar-refractivity contribution in [2.45, 2.75) is 0 Å². The Kier molecular flexibility index (Phi) is 7.97. The van der Waals surface area contributed by atoms with E-state index in [1.807, 2.05) is 30.3 Å². The van der Waals surface area contributed by atoms with Gasteiger partial charge in [-0.05, 0) is 53.6 Å². The minimum absolute atomic E-state index is 0.216. The second kappa shape index (κ2) is 11.3. The molecule has 3 rings (SSSR count). The SMILES string of the molecule is O=C(COc1ccccc1Cl)N/N=C/c1ccc(OC(=O)/C=C/c2ccccc2)cc1. The maximum atomic E-state index is 11.9. The van der Waals surface area contributed by atoms with E-state index in [2.05, 4.69) is 10.5 Å². The zero-order valence-electron chi connectivity index (χ0n) is 16.4. The van der Waals surface area contributed by atoms with E-state index in [-0.39, 0.29) is 6.61 Å². The highest BCUT2D eigenvalue weighted by Crippen LogP contribution is 2.22. The molecule has 0 fully saturated rings. The summed E-state index contributed by atoms with van der Waals surface area (Å²) in [5.41, 5.74) is 3.99. The number of hydrogen-bond acceptors (Lipinski definition) is 5. The second-order valence-electron chi connectivity index (χ2n) is 6.25. The van der Waals surface area contributed by atoms with Gasteiger partial charge in [0.2, 0.25) is 0 Å². The number of para-hydroxylation sites is 1. The Morgan fingerprint density at radius 2 is 1.61 bits per heavy atom. The lowest BCUT2D eigenvalue weighted by Gasteiger charge is -2.06. The molecule has 0 radical (unpaired) electrons. The molecule has 0 spiro atoms. The Morgan fingerprint density at radius 3 is 2.35 bits per heavy atom.